The average Bonchev–Trinajstić information content (AvgIpc) is 1.90. The van der Waals surface area contributed by atoms with Crippen LogP contribution in [0.2, 0.25) is 0 Å². The molecule has 8 heavy (non-hydrogen) atoms. The summed E-state index contributed by atoms with van der Waals surface area (Å²) in [4.78, 5) is 0. The molecule has 0 bridgehead atoms. The van der Waals surface area contributed by atoms with Crippen molar-refractivity contribution in [3.63, 3.8) is 0 Å². The van der Waals surface area contributed by atoms with Gasteiger partial charge in [-0.25, -0.2) is 0 Å². The fraction of sp³-hybridized carbons (Fsp3) is 0.714. The van der Waals surface area contributed by atoms with Gasteiger partial charge in [-0.05, 0) is 26.3 Å². The SMILES string of the molecule is CN[C@H]1C=CCCC1. The van der Waals surface area contributed by atoms with Gasteiger partial charge in [0.25, 0.3) is 0 Å². The summed E-state index contributed by atoms with van der Waals surface area (Å²) in [5.41, 5.74) is 0. The lowest BCUT2D eigenvalue weighted by atomic mass is 10.0. The van der Waals surface area contributed by atoms with Gasteiger partial charge in [0.1, 0.15) is 0 Å². The van der Waals surface area contributed by atoms with E-state index in [9.17, 15) is 0 Å². The number of rotatable bonds is 1. The minimum absolute atomic E-state index is 0.656. The zero-order valence-electron chi connectivity index (χ0n) is 5.35. The van der Waals surface area contributed by atoms with Crippen LogP contribution in [0.4, 0.5) is 0 Å². The number of allylic oxidation sites excluding steroid dienone is 1. The second kappa shape index (κ2) is 2.88. The highest BCUT2D eigenvalue weighted by molar-refractivity contribution is 4.96. The first-order valence-electron chi connectivity index (χ1n) is 3.27. The zero-order chi connectivity index (χ0) is 5.82. The van der Waals surface area contributed by atoms with Gasteiger partial charge in [0, 0.05) is 6.04 Å². The molecule has 0 aromatic heterocycles. The van der Waals surface area contributed by atoms with Gasteiger partial charge in [0.15, 0.2) is 0 Å². The molecule has 0 radical (unpaired) electrons. The maximum Gasteiger partial charge on any atom is 0.0247 e. The van der Waals surface area contributed by atoms with E-state index >= 15 is 0 Å². The maximum atomic E-state index is 3.22. The van der Waals surface area contributed by atoms with Gasteiger partial charge in [-0.15, -0.1) is 0 Å². The summed E-state index contributed by atoms with van der Waals surface area (Å²) < 4.78 is 0. The van der Waals surface area contributed by atoms with Crippen molar-refractivity contribution in [2.24, 2.45) is 0 Å². The molecule has 0 aromatic rings. The Hall–Kier alpha value is -0.300. The molecule has 0 amide bonds. The van der Waals surface area contributed by atoms with E-state index in [1.165, 1.54) is 19.3 Å². The first kappa shape index (κ1) is 5.83. The lowest BCUT2D eigenvalue weighted by molar-refractivity contribution is 0.567. The monoisotopic (exact) mass is 111 g/mol. The molecular weight excluding hydrogens is 98.1 g/mol. The van der Waals surface area contributed by atoms with Crippen molar-refractivity contribution in [1.29, 1.82) is 0 Å². The first-order chi connectivity index (χ1) is 3.93. The molecule has 1 atom stereocenters. The molecule has 1 aliphatic rings. The summed E-state index contributed by atoms with van der Waals surface area (Å²) in [5, 5.41) is 3.22. The summed E-state index contributed by atoms with van der Waals surface area (Å²) in [6, 6.07) is 0.656. The minimum Gasteiger partial charge on any atom is -0.314 e. The van der Waals surface area contributed by atoms with E-state index in [0.29, 0.717) is 6.04 Å². The molecule has 0 saturated carbocycles. The number of hydrogen-bond acceptors (Lipinski definition) is 1. The van der Waals surface area contributed by atoms with Crippen LogP contribution in [0.25, 0.3) is 0 Å². The minimum atomic E-state index is 0.656. The van der Waals surface area contributed by atoms with E-state index < -0.39 is 0 Å². The van der Waals surface area contributed by atoms with Gasteiger partial charge >= 0.3 is 0 Å². The van der Waals surface area contributed by atoms with Crippen molar-refractivity contribution < 1.29 is 0 Å². The van der Waals surface area contributed by atoms with Crippen LogP contribution in [0.15, 0.2) is 12.2 Å². The molecule has 1 rings (SSSR count). The van der Waals surface area contributed by atoms with Crippen LogP contribution in [0, 0.1) is 0 Å². The molecule has 1 N–H and O–H groups in total. The fourth-order valence-electron chi connectivity index (χ4n) is 1.05. The van der Waals surface area contributed by atoms with Crippen molar-refractivity contribution in [3.8, 4) is 0 Å². The van der Waals surface area contributed by atoms with Crippen LogP contribution in [0.1, 0.15) is 19.3 Å². The highest BCUT2D eigenvalue weighted by atomic mass is 14.9. The van der Waals surface area contributed by atoms with Gasteiger partial charge in [-0.1, -0.05) is 12.2 Å². The standard InChI is InChI=1S/C7H13N/c1-8-7-5-3-2-4-6-7/h3,5,7-8H,2,4,6H2,1H3/t7-/m0/s1. The lowest BCUT2D eigenvalue weighted by Crippen LogP contribution is -2.23. The molecule has 0 heterocycles. The van der Waals surface area contributed by atoms with E-state index in [-0.39, 0.29) is 0 Å². The van der Waals surface area contributed by atoms with Gasteiger partial charge in [-0.2, -0.15) is 0 Å². The molecule has 0 aliphatic heterocycles. The van der Waals surface area contributed by atoms with Crippen LogP contribution in [-0.4, -0.2) is 13.1 Å². The summed E-state index contributed by atoms with van der Waals surface area (Å²) in [6.07, 6.45) is 8.45. The predicted octanol–water partition coefficient (Wildman–Crippen LogP) is 1.31. The lowest BCUT2D eigenvalue weighted by Gasteiger charge is -2.13. The van der Waals surface area contributed by atoms with Crippen LogP contribution >= 0.6 is 0 Å². The Morgan fingerprint density at radius 1 is 1.62 bits per heavy atom. The van der Waals surface area contributed by atoms with Crippen molar-refractivity contribution in [2.75, 3.05) is 7.05 Å². The van der Waals surface area contributed by atoms with Crippen molar-refractivity contribution >= 4 is 0 Å². The molecule has 0 aromatic carbocycles. The van der Waals surface area contributed by atoms with Crippen LogP contribution < -0.4 is 5.32 Å². The third-order valence-electron chi connectivity index (χ3n) is 1.63. The van der Waals surface area contributed by atoms with Crippen LogP contribution in [0.5, 0.6) is 0 Å². The Kier molecular flexibility index (Phi) is 2.10. The Bertz CT molecular complexity index is 86.4. The van der Waals surface area contributed by atoms with Gasteiger partial charge in [-0.3, -0.25) is 0 Å². The van der Waals surface area contributed by atoms with Crippen molar-refractivity contribution in [2.45, 2.75) is 25.3 Å². The molecule has 0 fully saturated rings. The van der Waals surface area contributed by atoms with E-state index in [4.69, 9.17) is 0 Å². The third-order valence-corrected chi connectivity index (χ3v) is 1.63. The van der Waals surface area contributed by atoms with Gasteiger partial charge < -0.3 is 5.32 Å². The molecule has 1 heteroatoms. The Morgan fingerprint density at radius 3 is 2.88 bits per heavy atom. The summed E-state index contributed by atoms with van der Waals surface area (Å²) in [5.74, 6) is 0. The van der Waals surface area contributed by atoms with E-state index in [1.807, 2.05) is 7.05 Å². The smallest absolute Gasteiger partial charge is 0.0247 e. The molecule has 0 spiro atoms. The number of nitrogens with one attached hydrogen (secondary N) is 1. The molecule has 0 saturated heterocycles. The first-order valence-corrected chi connectivity index (χ1v) is 3.27. The molecule has 0 unspecified atom stereocenters. The second-order valence-electron chi connectivity index (χ2n) is 2.25. The van der Waals surface area contributed by atoms with E-state index in [2.05, 4.69) is 17.5 Å². The number of hydrogen-bond donors (Lipinski definition) is 1. The molecular formula is C7H13N. The van der Waals surface area contributed by atoms with E-state index in [0.717, 1.165) is 0 Å². The second-order valence-corrected chi connectivity index (χ2v) is 2.25. The normalized spacial score (nSPS) is 28.4. The average molecular weight is 111 g/mol. The highest BCUT2D eigenvalue weighted by Gasteiger charge is 2.02. The molecule has 1 aliphatic carbocycles. The van der Waals surface area contributed by atoms with Gasteiger partial charge in [0.05, 0.1) is 0 Å². The fourth-order valence-corrected chi connectivity index (χ4v) is 1.05. The molecule has 46 valence electrons. The summed E-state index contributed by atoms with van der Waals surface area (Å²) in [6.45, 7) is 0. The maximum absolute atomic E-state index is 3.22. The number of likely N-dealkylation sites (N-methyl/N-ethyl adjacent to an activating group) is 1. The van der Waals surface area contributed by atoms with Crippen molar-refractivity contribution in [3.05, 3.63) is 12.2 Å². The Morgan fingerprint density at radius 2 is 2.50 bits per heavy atom. The predicted molar refractivity (Wildman–Crippen MR) is 35.8 cm³/mol. The van der Waals surface area contributed by atoms with Crippen molar-refractivity contribution in [1.82, 2.24) is 5.32 Å². The van der Waals surface area contributed by atoms with Crippen LogP contribution in [-0.2, 0) is 0 Å². The van der Waals surface area contributed by atoms with Crippen LogP contribution in [0.3, 0.4) is 0 Å². The summed E-state index contributed by atoms with van der Waals surface area (Å²) in [7, 11) is 2.01. The largest absolute Gasteiger partial charge is 0.314 e. The summed E-state index contributed by atoms with van der Waals surface area (Å²) >= 11 is 0. The van der Waals surface area contributed by atoms with Gasteiger partial charge in [0.2, 0.25) is 0 Å². The highest BCUT2D eigenvalue weighted by Crippen LogP contribution is 2.08. The topological polar surface area (TPSA) is 12.0 Å². The Labute approximate surface area is 50.8 Å². The quantitative estimate of drug-likeness (QED) is 0.503. The van der Waals surface area contributed by atoms with E-state index in [1.54, 1.807) is 0 Å². The zero-order valence-corrected chi connectivity index (χ0v) is 5.35. The third kappa shape index (κ3) is 1.34. The Balaban J connectivity index is 2.32. The molecule has 1 nitrogen and oxygen atoms in total.